The molecule has 10 heavy (non-hydrogen) atoms. The minimum atomic E-state index is 0.220. The van der Waals surface area contributed by atoms with Crippen LogP contribution in [0, 0.1) is 0 Å². The quantitative estimate of drug-likeness (QED) is 0.520. The highest BCUT2D eigenvalue weighted by Crippen LogP contribution is 2.15. The lowest BCUT2D eigenvalue weighted by Gasteiger charge is -2.11. The highest BCUT2D eigenvalue weighted by atomic mass is 15.0. The first kappa shape index (κ1) is 7.32. The summed E-state index contributed by atoms with van der Waals surface area (Å²) in [5, 5.41) is 0. The van der Waals surface area contributed by atoms with Crippen LogP contribution in [0.4, 0.5) is 0 Å². The van der Waals surface area contributed by atoms with E-state index in [1.807, 2.05) is 12.4 Å². The molecule has 1 heterocycles. The normalized spacial score (nSPS) is 12.0. The second-order valence-corrected chi connectivity index (χ2v) is 3.67. The number of imidazole rings is 1. The van der Waals surface area contributed by atoms with E-state index in [-0.39, 0.29) is 5.41 Å². The third kappa shape index (κ3) is 1.20. The average Bonchev–Trinajstić information content (AvgIpc) is 2.11. The number of nitrogens with one attached hydrogen (secondary N) is 1. The molecular formula is C8H15N2+. The number of rotatable bonds is 0. The number of H-pyrrole nitrogens is 1. The van der Waals surface area contributed by atoms with Crippen molar-refractivity contribution < 1.29 is 4.57 Å². The summed E-state index contributed by atoms with van der Waals surface area (Å²) in [5.74, 6) is 1.26. The molecule has 0 fully saturated rings. The molecule has 1 aromatic heterocycles. The second kappa shape index (κ2) is 2.11. The van der Waals surface area contributed by atoms with Crippen molar-refractivity contribution in [2.75, 3.05) is 0 Å². The molecule has 0 radical (unpaired) electrons. The number of hydrogen-bond acceptors (Lipinski definition) is 0. The summed E-state index contributed by atoms with van der Waals surface area (Å²) in [6.45, 7) is 6.58. The predicted molar refractivity (Wildman–Crippen MR) is 40.7 cm³/mol. The maximum absolute atomic E-state index is 3.21. The van der Waals surface area contributed by atoms with E-state index in [0.717, 1.165) is 0 Å². The van der Waals surface area contributed by atoms with E-state index in [4.69, 9.17) is 0 Å². The van der Waals surface area contributed by atoms with Gasteiger partial charge in [-0.1, -0.05) is 0 Å². The molecule has 0 spiro atoms. The Hall–Kier alpha value is -0.790. The summed E-state index contributed by atoms with van der Waals surface area (Å²) in [5.41, 5.74) is 0.220. The van der Waals surface area contributed by atoms with Crippen molar-refractivity contribution in [3.05, 3.63) is 18.2 Å². The molecule has 0 saturated carbocycles. The van der Waals surface area contributed by atoms with Crippen LogP contribution < -0.4 is 4.57 Å². The van der Waals surface area contributed by atoms with Crippen LogP contribution in [0.2, 0.25) is 0 Å². The Balaban J connectivity index is 3.05. The maximum atomic E-state index is 3.21. The largest absolute Gasteiger partial charge is 0.259 e. The van der Waals surface area contributed by atoms with Gasteiger partial charge in [-0.15, -0.1) is 0 Å². The highest BCUT2D eigenvalue weighted by Gasteiger charge is 2.23. The summed E-state index contributed by atoms with van der Waals surface area (Å²) in [6, 6.07) is 0. The van der Waals surface area contributed by atoms with Crippen LogP contribution in [0.5, 0.6) is 0 Å². The molecule has 0 aromatic carbocycles. The van der Waals surface area contributed by atoms with Crippen molar-refractivity contribution in [2.45, 2.75) is 26.2 Å². The molecule has 1 N–H and O–H groups in total. The zero-order chi connectivity index (χ0) is 7.78. The molecule has 56 valence electrons. The molecule has 0 bridgehead atoms. The van der Waals surface area contributed by atoms with Crippen LogP contribution in [0.15, 0.2) is 12.4 Å². The van der Waals surface area contributed by atoms with E-state index in [2.05, 4.69) is 37.4 Å². The fourth-order valence-corrected chi connectivity index (χ4v) is 1.15. The topological polar surface area (TPSA) is 19.7 Å². The van der Waals surface area contributed by atoms with E-state index in [9.17, 15) is 0 Å². The molecule has 1 rings (SSSR count). The smallest absolute Gasteiger partial charge is 0.247 e. The molecule has 0 amide bonds. The number of aryl methyl sites for hydroxylation is 1. The molecule has 1 aromatic rings. The number of nitrogens with zero attached hydrogens (tertiary/aromatic N) is 1. The van der Waals surface area contributed by atoms with Crippen LogP contribution in [0.1, 0.15) is 26.6 Å². The van der Waals surface area contributed by atoms with Crippen molar-refractivity contribution in [1.29, 1.82) is 0 Å². The van der Waals surface area contributed by atoms with Gasteiger partial charge in [0.05, 0.1) is 12.5 Å². The minimum Gasteiger partial charge on any atom is -0.247 e. The molecule has 2 nitrogen and oxygen atoms in total. The summed E-state index contributed by atoms with van der Waals surface area (Å²) >= 11 is 0. The van der Waals surface area contributed by atoms with Crippen molar-refractivity contribution in [3.63, 3.8) is 0 Å². The van der Waals surface area contributed by atoms with Crippen molar-refractivity contribution in [3.8, 4) is 0 Å². The lowest BCUT2D eigenvalue weighted by molar-refractivity contribution is -0.681. The first-order valence-electron chi connectivity index (χ1n) is 3.55. The van der Waals surface area contributed by atoms with E-state index in [0.29, 0.717) is 0 Å². The van der Waals surface area contributed by atoms with Crippen molar-refractivity contribution >= 4 is 0 Å². The summed E-state index contributed by atoms with van der Waals surface area (Å²) in [6.07, 6.45) is 3.99. The van der Waals surface area contributed by atoms with Gasteiger partial charge in [-0.3, -0.25) is 0 Å². The molecular weight excluding hydrogens is 124 g/mol. The molecule has 0 aliphatic carbocycles. The number of aromatic amines is 1. The van der Waals surface area contributed by atoms with Gasteiger partial charge < -0.3 is 0 Å². The zero-order valence-corrected chi connectivity index (χ0v) is 7.10. The third-order valence-electron chi connectivity index (χ3n) is 1.58. The van der Waals surface area contributed by atoms with Gasteiger partial charge in [0.1, 0.15) is 12.4 Å². The average molecular weight is 139 g/mol. The fourth-order valence-electron chi connectivity index (χ4n) is 1.15. The van der Waals surface area contributed by atoms with Gasteiger partial charge in [0.2, 0.25) is 0 Å². The van der Waals surface area contributed by atoms with Crippen LogP contribution in [-0.4, -0.2) is 4.98 Å². The summed E-state index contributed by atoms with van der Waals surface area (Å²) in [4.78, 5) is 3.21. The van der Waals surface area contributed by atoms with Gasteiger partial charge in [-0.05, 0) is 20.8 Å². The van der Waals surface area contributed by atoms with Gasteiger partial charge in [0, 0.05) is 0 Å². The summed E-state index contributed by atoms with van der Waals surface area (Å²) < 4.78 is 2.11. The van der Waals surface area contributed by atoms with Gasteiger partial charge in [0.15, 0.2) is 0 Å². The monoisotopic (exact) mass is 139 g/mol. The first-order chi connectivity index (χ1) is 4.52. The molecule has 0 unspecified atom stereocenters. The zero-order valence-electron chi connectivity index (χ0n) is 7.10. The Morgan fingerprint density at radius 2 is 2.00 bits per heavy atom. The van der Waals surface area contributed by atoms with E-state index in [1.54, 1.807) is 0 Å². The SMILES string of the molecule is C[n+]1cc[nH]c1C(C)(C)C. The molecule has 0 atom stereocenters. The van der Waals surface area contributed by atoms with Crippen LogP contribution in [0.3, 0.4) is 0 Å². The van der Waals surface area contributed by atoms with Gasteiger partial charge in [-0.25, -0.2) is 9.55 Å². The minimum absolute atomic E-state index is 0.220. The standard InChI is InChI=1S/C8H14N2/c1-8(2,3)7-9-5-6-10(7)4/h5-6H,1-4H3/p+1. The Labute approximate surface area is 61.9 Å². The Kier molecular flexibility index (Phi) is 1.55. The van der Waals surface area contributed by atoms with Gasteiger partial charge >= 0.3 is 0 Å². The van der Waals surface area contributed by atoms with Gasteiger partial charge in [0.25, 0.3) is 5.82 Å². The lowest BCUT2D eigenvalue weighted by atomic mass is 9.96. The Morgan fingerprint density at radius 1 is 1.40 bits per heavy atom. The Bertz CT molecular complexity index is 217. The molecule has 0 saturated heterocycles. The number of aromatic nitrogens is 2. The number of hydrogen-bond donors (Lipinski definition) is 1. The lowest BCUT2D eigenvalue weighted by Crippen LogP contribution is -2.37. The van der Waals surface area contributed by atoms with E-state index >= 15 is 0 Å². The van der Waals surface area contributed by atoms with Crippen molar-refractivity contribution in [2.24, 2.45) is 7.05 Å². The third-order valence-corrected chi connectivity index (χ3v) is 1.58. The molecule has 2 heteroatoms. The summed E-state index contributed by atoms with van der Waals surface area (Å²) in [7, 11) is 2.05. The second-order valence-electron chi connectivity index (χ2n) is 3.67. The highest BCUT2D eigenvalue weighted by molar-refractivity contribution is 4.94. The fraction of sp³-hybridized carbons (Fsp3) is 0.625. The van der Waals surface area contributed by atoms with Gasteiger partial charge in [-0.2, -0.15) is 0 Å². The van der Waals surface area contributed by atoms with Crippen LogP contribution in [0.25, 0.3) is 0 Å². The van der Waals surface area contributed by atoms with Crippen LogP contribution in [-0.2, 0) is 12.5 Å². The molecule has 0 aliphatic rings. The Morgan fingerprint density at radius 3 is 2.20 bits per heavy atom. The maximum Gasteiger partial charge on any atom is 0.259 e. The van der Waals surface area contributed by atoms with E-state index < -0.39 is 0 Å². The molecule has 0 aliphatic heterocycles. The van der Waals surface area contributed by atoms with Crippen LogP contribution >= 0.6 is 0 Å². The first-order valence-corrected chi connectivity index (χ1v) is 3.55. The predicted octanol–water partition coefficient (Wildman–Crippen LogP) is 1.14. The van der Waals surface area contributed by atoms with E-state index in [1.165, 1.54) is 5.82 Å². The van der Waals surface area contributed by atoms with Crippen molar-refractivity contribution in [1.82, 2.24) is 4.98 Å².